The van der Waals surface area contributed by atoms with Crippen molar-refractivity contribution in [3.05, 3.63) is 66.0 Å². The smallest absolute Gasteiger partial charge is 0.328 e. The van der Waals surface area contributed by atoms with E-state index in [1.54, 1.807) is 12.1 Å². The van der Waals surface area contributed by atoms with Gasteiger partial charge in [0.1, 0.15) is 12.1 Å². The molecule has 0 aliphatic carbocycles. The van der Waals surface area contributed by atoms with Crippen LogP contribution in [0.2, 0.25) is 0 Å². The van der Waals surface area contributed by atoms with Crippen molar-refractivity contribution in [3.63, 3.8) is 0 Å². The first-order valence-corrected chi connectivity index (χ1v) is 10.1. The maximum atomic E-state index is 13.8. The molecule has 1 amide bonds. The molecule has 2 aromatic carbocycles. The molecule has 148 valence electrons. The zero-order chi connectivity index (χ0) is 19.9. The first kappa shape index (κ1) is 20.2. The van der Waals surface area contributed by atoms with Gasteiger partial charge in [0.2, 0.25) is 5.91 Å². The topological polar surface area (TPSA) is 55.8 Å². The molecule has 5 nitrogen and oxygen atoms in total. The number of carbonyl (C=O) groups is 2. The largest absolute Gasteiger partial charge is 0.485 e. The normalized spacial score (nSPS) is 18.7. The molecule has 1 saturated heterocycles. The summed E-state index contributed by atoms with van der Waals surface area (Å²) in [5.74, 6) is -0.0472. The van der Waals surface area contributed by atoms with Crippen LogP contribution in [0.3, 0.4) is 0 Å². The molecule has 1 fully saturated rings. The number of hydrogen-bond acceptors (Lipinski definition) is 5. The Morgan fingerprint density at radius 3 is 2.57 bits per heavy atom. The van der Waals surface area contributed by atoms with Crippen LogP contribution in [0.1, 0.15) is 12.0 Å². The van der Waals surface area contributed by atoms with Crippen LogP contribution < -0.4 is 4.74 Å². The number of esters is 1. The van der Waals surface area contributed by atoms with E-state index >= 15 is 0 Å². The average Bonchev–Trinajstić information content (AvgIpc) is 3.14. The van der Waals surface area contributed by atoms with Crippen molar-refractivity contribution in [2.75, 3.05) is 19.4 Å². The molecule has 1 aliphatic rings. The van der Waals surface area contributed by atoms with Gasteiger partial charge in [-0.15, -0.1) is 11.8 Å². The standard InChI is InChI=1S/C21H22FNO4S/c1-26-21(25)18-11-16(27-19-10-6-5-9-17(19)22)12-23(18)20(24)14-28-13-15-7-3-2-4-8-15/h2-10,16,18H,11-14H2,1H3. The highest BCUT2D eigenvalue weighted by Gasteiger charge is 2.41. The number of benzene rings is 2. The van der Waals surface area contributed by atoms with E-state index in [1.165, 1.54) is 35.9 Å². The van der Waals surface area contributed by atoms with Crippen LogP contribution in [0.15, 0.2) is 54.6 Å². The molecule has 0 aromatic heterocycles. The Labute approximate surface area is 167 Å². The fourth-order valence-corrected chi connectivity index (χ4v) is 4.02. The Morgan fingerprint density at radius 2 is 1.86 bits per heavy atom. The van der Waals surface area contributed by atoms with Gasteiger partial charge >= 0.3 is 5.97 Å². The predicted molar refractivity (Wildman–Crippen MR) is 106 cm³/mol. The molecular formula is C21H22FNO4S. The fraction of sp³-hybridized carbons (Fsp3) is 0.333. The second-order valence-electron chi connectivity index (χ2n) is 6.47. The Hall–Kier alpha value is -2.54. The van der Waals surface area contributed by atoms with Crippen molar-refractivity contribution in [1.82, 2.24) is 4.90 Å². The minimum absolute atomic E-state index is 0.115. The lowest BCUT2D eigenvalue weighted by Gasteiger charge is -2.22. The number of nitrogens with zero attached hydrogens (tertiary/aromatic N) is 1. The third-order valence-corrected chi connectivity index (χ3v) is 5.51. The van der Waals surface area contributed by atoms with E-state index in [1.807, 2.05) is 30.3 Å². The van der Waals surface area contributed by atoms with Crippen molar-refractivity contribution in [3.8, 4) is 5.75 Å². The Kier molecular flexibility index (Phi) is 6.92. The zero-order valence-electron chi connectivity index (χ0n) is 15.5. The molecule has 0 bridgehead atoms. The van der Waals surface area contributed by atoms with E-state index in [4.69, 9.17) is 9.47 Å². The molecule has 28 heavy (non-hydrogen) atoms. The van der Waals surface area contributed by atoms with Crippen LogP contribution in [-0.2, 0) is 20.1 Å². The molecule has 3 rings (SSSR count). The summed E-state index contributed by atoms with van der Waals surface area (Å²) in [6, 6.07) is 15.2. The van der Waals surface area contributed by atoms with Gasteiger partial charge in [-0.05, 0) is 17.7 Å². The number of thioether (sulfide) groups is 1. The van der Waals surface area contributed by atoms with Gasteiger partial charge in [0, 0.05) is 12.2 Å². The molecule has 0 radical (unpaired) electrons. The molecule has 2 atom stereocenters. The predicted octanol–water partition coefficient (Wildman–Crippen LogP) is 3.28. The van der Waals surface area contributed by atoms with E-state index in [2.05, 4.69) is 0 Å². The summed E-state index contributed by atoms with van der Waals surface area (Å²) in [7, 11) is 1.29. The van der Waals surface area contributed by atoms with Gasteiger partial charge in [-0.25, -0.2) is 9.18 Å². The van der Waals surface area contributed by atoms with E-state index in [9.17, 15) is 14.0 Å². The molecule has 0 saturated carbocycles. The Bertz CT molecular complexity index is 817. The maximum Gasteiger partial charge on any atom is 0.328 e. The van der Waals surface area contributed by atoms with Crippen molar-refractivity contribution >= 4 is 23.6 Å². The lowest BCUT2D eigenvalue weighted by atomic mass is 10.2. The lowest BCUT2D eigenvalue weighted by Crippen LogP contribution is -2.42. The second-order valence-corrected chi connectivity index (χ2v) is 7.46. The van der Waals surface area contributed by atoms with Gasteiger partial charge in [0.15, 0.2) is 11.6 Å². The molecule has 7 heteroatoms. The highest BCUT2D eigenvalue weighted by molar-refractivity contribution is 7.99. The first-order chi connectivity index (χ1) is 13.6. The number of rotatable bonds is 7. The molecule has 2 aromatic rings. The Morgan fingerprint density at radius 1 is 1.14 bits per heavy atom. The number of para-hydroxylation sites is 1. The van der Waals surface area contributed by atoms with Gasteiger partial charge in [0.25, 0.3) is 0 Å². The minimum Gasteiger partial charge on any atom is -0.485 e. The monoisotopic (exact) mass is 403 g/mol. The molecule has 0 N–H and O–H groups in total. The van der Waals surface area contributed by atoms with E-state index in [-0.39, 0.29) is 30.4 Å². The number of amides is 1. The molecule has 1 heterocycles. The summed E-state index contributed by atoms with van der Waals surface area (Å²) < 4.78 is 24.4. The van der Waals surface area contributed by atoms with Crippen molar-refractivity contribution in [2.24, 2.45) is 0 Å². The maximum absolute atomic E-state index is 13.8. The van der Waals surface area contributed by atoms with Gasteiger partial charge in [-0.3, -0.25) is 4.79 Å². The van der Waals surface area contributed by atoms with Gasteiger partial charge in [-0.1, -0.05) is 42.5 Å². The number of halogens is 1. The summed E-state index contributed by atoms with van der Waals surface area (Å²) in [6.07, 6.45) is -0.195. The quantitative estimate of drug-likeness (QED) is 0.664. The van der Waals surface area contributed by atoms with E-state index < -0.39 is 23.9 Å². The van der Waals surface area contributed by atoms with Crippen LogP contribution in [0.5, 0.6) is 5.75 Å². The molecular weight excluding hydrogens is 381 g/mol. The van der Waals surface area contributed by atoms with Crippen LogP contribution in [0.4, 0.5) is 4.39 Å². The summed E-state index contributed by atoms with van der Waals surface area (Å²) in [6.45, 7) is 0.221. The average molecular weight is 403 g/mol. The lowest BCUT2D eigenvalue weighted by molar-refractivity contribution is -0.150. The summed E-state index contributed by atoms with van der Waals surface area (Å²) in [4.78, 5) is 26.3. The van der Waals surface area contributed by atoms with Crippen LogP contribution in [0, 0.1) is 5.82 Å². The van der Waals surface area contributed by atoms with E-state index in [0.29, 0.717) is 5.75 Å². The summed E-state index contributed by atoms with van der Waals surface area (Å²) in [5, 5.41) is 0. The summed E-state index contributed by atoms with van der Waals surface area (Å²) in [5.41, 5.74) is 1.13. The minimum atomic E-state index is -0.716. The molecule has 2 unspecified atom stereocenters. The van der Waals surface area contributed by atoms with Gasteiger partial charge < -0.3 is 14.4 Å². The third kappa shape index (κ3) is 5.04. The number of carbonyl (C=O) groups excluding carboxylic acids is 2. The van der Waals surface area contributed by atoms with Crippen LogP contribution >= 0.6 is 11.8 Å². The third-order valence-electron chi connectivity index (χ3n) is 4.52. The number of likely N-dealkylation sites (tertiary alicyclic amines) is 1. The van der Waals surface area contributed by atoms with Gasteiger partial charge in [-0.2, -0.15) is 0 Å². The molecule has 0 spiro atoms. The summed E-state index contributed by atoms with van der Waals surface area (Å²) >= 11 is 1.49. The SMILES string of the molecule is COC(=O)C1CC(Oc2ccccc2F)CN1C(=O)CSCc1ccccc1. The Balaban J connectivity index is 1.61. The highest BCUT2D eigenvalue weighted by atomic mass is 32.2. The van der Waals surface area contributed by atoms with Crippen molar-refractivity contribution < 1.29 is 23.5 Å². The number of ether oxygens (including phenoxy) is 2. The van der Waals surface area contributed by atoms with Crippen molar-refractivity contribution in [1.29, 1.82) is 0 Å². The number of methoxy groups -OCH3 is 1. The van der Waals surface area contributed by atoms with Crippen LogP contribution in [-0.4, -0.2) is 48.3 Å². The van der Waals surface area contributed by atoms with E-state index in [0.717, 1.165) is 5.56 Å². The fourth-order valence-electron chi connectivity index (χ4n) is 3.15. The van der Waals surface area contributed by atoms with Crippen molar-refractivity contribution in [2.45, 2.75) is 24.3 Å². The number of hydrogen-bond donors (Lipinski definition) is 0. The second kappa shape index (κ2) is 9.59. The zero-order valence-corrected chi connectivity index (χ0v) is 16.4. The van der Waals surface area contributed by atoms with Gasteiger partial charge in [0.05, 0.1) is 19.4 Å². The first-order valence-electron chi connectivity index (χ1n) is 8.98. The highest BCUT2D eigenvalue weighted by Crippen LogP contribution is 2.26. The van der Waals surface area contributed by atoms with Crippen LogP contribution in [0.25, 0.3) is 0 Å². The molecule has 1 aliphatic heterocycles.